The maximum absolute atomic E-state index is 14.6. The molecule has 0 saturated heterocycles. The molecule has 0 saturated carbocycles. The Morgan fingerprint density at radius 3 is 2.24 bits per heavy atom. The van der Waals surface area contributed by atoms with E-state index in [4.69, 9.17) is 0 Å². The van der Waals surface area contributed by atoms with Crippen LogP contribution >= 0.6 is 0 Å². The molecule has 2 aromatic carbocycles. The molecule has 0 aliphatic carbocycles. The minimum absolute atomic E-state index is 0.130. The van der Waals surface area contributed by atoms with Gasteiger partial charge in [-0.05, 0) is 30.7 Å². The Bertz CT molecular complexity index is 1610. The van der Waals surface area contributed by atoms with Crippen molar-refractivity contribution in [1.82, 2.24) is 14.9 Å². The summed E-state index contributed by atoms with van der Waals surface area (Å²) in [5, 5.41) is 11.2. The highest BCUT2D eigenvalue weighted by Crippen LogP contribution is 2.46. The zero-order valence-electron chi connectivity index (χ0n) is 18.7. The molecule has 6 nitrogen and oxygen atoms in total. The van der Waals surface area contributed by atoms with Crippen LogP contribution in [0.3, 0.4) is 0 Å². The molecule has 1 aliphatic heterocycles. The normalized spacial score (nSPS) is 14.9. The first-order valence-corrected chi connectivity index (χ1v) is 11.0. The van der Waals surface area contributed by atoms with Crippen LogP contribution in [0, 0.1) is 0 Å². The number of benzene rings is 2. The van der Waals surface area contributed by atoms with Crippen molar-refractivity contribution < 1.29 is 41.0 Å². The second-order valence-electron chi connectivity index (χ2n) is 8.46. The predicted octanol–water partition coefficient (Wildman–Crippen LogP) is 5.11. The van der Waals surface area contributed by atoms with E-state index in [-0.39, 0.29) is 23.1 Å². The topological polar surface area (TPSA) is 87.1 Å². The van der Waals surface area contributed by atoms with Crippen LogP contribution in [-0.4, -0.2) is 33.1 Å². The van der Waals surface area contributed by atoms with Gasteiger partial charge in [-0.3, -0.25) is 14.9 Å². The molecule has 0 bridgehead atoms. The number of nitrogens with zero attached hydrogens (tertiary/aromatic N) is 1. The number of hydrogen-bond donors (Lipinski definition) is 3. The molecule has 3 heterocycles. The summed E-state index contributed by atoms with van der Waals surface area (Å²) in [5.41, 5.74) is -4.03. The van der Waals surface area contributed by atoms with Crippen molar-refractivity contribution in [1.29, 1.82) is 0 Å². The molecule has 12 heteroatoms. The first-order chi connectivity index (χ1) is 17.4. The largest absolute Gasteiger partial charge is 0.432 e. The third-order valence-electron chi connectivity index (χ3n) is 6.24. The lowest BCUT2D eigenvalue weighted by Gasteiger charge is -2.15. The quantitative estimate of drug-likeness (QED) is 0.252. The van der Waals surface area contributed by atoms with Crippen LogP contribution in [0.25, 0.3) is 33.0 Å². The number of H-pyrrole nitrogens is 1. The third kappa shape index (κ3) is 3.97. The highest BCUT2D eigenvalue weighted by atomic mass is 19.4. The number of imide groups is 1. The fraction of sp³-hybridized carbons (Fsp3) is 0.200. The molecule has 0 fully saturated rings. The van der Waals surface area contributed by atoms with Gasteiger partial charge in [-0.25, -0.2) is 0 Å². The van der Waals surface area contributed by atoms with Crippen LogP contribution < -0.4 is 5.32 Å². The van der Waals surface area contributed by atoms with Crippen LogP contribution in [0.4, 0.5) is 26.3 Å². The monoisotopic (exact) mass is 521 g/mol. The summed E-state index contributed by atoms with van der Waals surface area (Å²) >= 11 is 0. The van der Waals surface area contributed by atoms with Crippen molar-refractivity contribution >= 4 is 44.8 Å². The van der Waals surface area contributed by atoms with Gasteiger partial charge in [0.25, 0.3) is 11.8 Å². The van der Waals surface area contributed by atoms with Gasteiger partial charge in [0.15, 0.2) is 0 Å². The molecule has 2 amide bonds. The summed E-state index contributed by atoms with van der Waals surface area (Å²) in [6.45, 7) is -0.867. The van der Waals surface area contributed by atoms with Crippen molar-refractivity contribution in [2.45, 2.75) is 25.3 Å². The number of carbonyl (C=O) groups is 2. The van der Waals surface area contributed by atoms with E-state index in [0.29, 0.717) is 23.0 Å². The Morgan fingerprint density at radius 2 is 1.57 bits per heavy atom. The number of para-hydroxylation sites is 1. The number of aromatic amines is 1. The number of alkyl halides is 6. The molecular weight excluding hydrogens is 504 g/mol. The van der Waals surface area contributed by atoms with Crippen LogP contribution in [0.5, 0.6) is 0 Å². The van der Waals surface area contributed by atoms with Crippen molar-refractivity contribution in [3.63, 3.8) is 0 Å². The molecular formula is C25H17F6N3O3. The minimum Gasteiger partial charge on any atom is -0.396 e. The molecule has 0 spiro atoms. The number of nitrogens with one attached hydrogen (secondary N) is 2. The Balaban J connectivity index is 1.95. The van der Waals surface area contributed by atoms with E-state index in [9.17, 15) is 41.0 Å². The van der Waals surface area contributed by atoms with Crippen molar-refractivity contribution in [3.8, 4) is 0 Å². The van der Waals surface area contributed by atoms with Gasteiger partial charge < -0.3 is 14.7 Å². The fourth-order valence-electron chi connectivity index (χ4n) is 4.77. The molecule has 192 valence electrons. The van der Waals surface area contributed by atoms with Gasteiger partial charge >= 0.3 is 12.4 Å². The number of hydrogen-bond acceptors (Lipinski definition) is 3. The van der Waals surface area contributed by atoms with Crippen LogP contribution in [0.2, 0.25) is 0 Å². The number of carbonyl (C=O) groups excluding carboxylic acids is 2. The van der Waals surface area contributed by atoms with E-state index in [1.54, 1.807) is 24.3 Å². The predicted molar refractivity (Wildman–Crippen MR) is 122 cm³/mol. The zero-order valence-corrected chi connectivity index (χ0v) is 18.7. The minimum atomic E-state index is -5.12. The lowest BCUT2D eigenvalue weighted by atomic mass is 9.93. The summed E-state index contributed by atoms with van der Waals surface area (Å²) in [4.78, 5) is 28.8. The van der Waals surface area contributed by atoms with E-state index < -0.39 is 65.1 Å². The number of aryl methyl sites for hydroxylation is 1. The van der Waals surface area contributed by atoms with E-state index in [2.05, 4.69) is 4.98 Å². The number of amides is 2. The van der Waals surface area contributed by atoms with Crippen LogP contribution in [0.15, 0.2) is 48.7 Å². The number of aliphatic hydroxyl groups excluding tert-OH is 1. The second kappa shape index (κ2) is 8.51. The van der Waals surface area contributed by atoms with Gasteiger partial charge in [0.2, 0.25) is 0 Å². The molecule has 4 aromatic rings. The van der Waals surface area contributed by atoms with Gasteiger partial charge in [-0.15, -0.1) is 0 Å². The maximum Gasteiger partial charge on any atom is 0.432 e. The Labute approximate surface area is 204 Å². The van der Waals surface area contributed by atoms with Gasteiger partial charge in [0.1, 0.15) is 5.69 Å². The van der Waals surface area contributed by atoms with Crippen molar-refractivity contribution in [2.75, 3.05) is 6.61 Å². The van der Waals surface area contributed by atoms with Crippen molar-refractivity contribution in [2.24, 2.45) is 0 Å². The average molecular weight is 521 g/mol. The first kappa shape index (κ1) is 24.6. The number of halogens is 6. The number of aliphatic hydroxyl groups is 1. The number of aromatic nitrogens is 2. The van der Waals surface area contributed by atoms with E-state index in [1.807, 2.05) is 5.32 Å². The van der Waals surface area contributed by atoms with E-state index in [1.165, 1.54) is 6.20 Å². The molecule has 37 heavy (non-hydrogen) atoms. The average Bonchev–Trinajstić information content (AvgIpc) is 3.47. The van der Waals surface area contributed by atoms with Crippen LogP contribution in [-0.2, 0) is 28.5 Å². The van der Waals surface area contributed by atoms with E-state index >= 15 is 0 Å². The third-order valence-corrected chi connectivity index (χ3v) is 6.24. The summed E-state index contributed by atoms with van der Waals surface area (Å²) in [7, 11) is 0. The van der Waals surface area contributed by atoms with Gasteiger partial charge in [-0.2, -0.15) is 26.3 Å². The zero-order chi connectivity index (χ0) is 26.7. The molecule has 0 radical (unpaired) electrons. The summed E-state index contributed by atoms with van der Waals surface area (Å²) < 4.78 is 85.1. The van der Waals surface area contributed by atoms with Crippen molar-refractivity contribution in [3.05, 3.63) is 71.0 Å². The highest BCUT2D eigenvalue weighted by Gasteiger charge is 2.45. The molecule has 3 N–H and O–H groups in total. The summed E-state index contributed by atoms with van der Waals surface area (Å²) in [6.07, 6.45) is -8.77. The summed E-state index contributed by atoms with van der Waals surface area (Å²) in [5.74, 6) is -2.13. The Kier molecular flexibility index (Phi) is 5.66. The highest BCUT2D eigenvalue weighted by molar-refractivity contribution is 6.51. The number of fused-ring (bicyclic) bond motifs is 2. The molecule has 0 atom stereocenters. The second-order valence-corrected chi connectivity index (χ2v) is 8.46. The lowest BCUT2D eigenvalue weighted by Crippen LogP contribution is -2.23. The Morgan fingerprint density at radius 1 is 0.865 bits per heavy atom. The SMILES string of the molecule is O=C1NC(=O)C(c2c(C(F)(F)F)n(CCCO)c3ccc(C(F)(F)F)cc23)=C1c1c[nH]c2ccccc12. The lowest BCUT2D eigenvalue weighted by molar-refractivity contribution is -0.143. The molecule has 1 aliphatic rings. The standard InChI is InChI=1S/C25H17F6N3O3/c26-24(27,28)12-6-7-17-14(10-12)18(21(25(29,30)31)34(17)8-3-9-35)20-19(22(36)33-23(20)37)15-11-32-16-5-2-1-4-13(15)16/h1-2,4-7,10-11,32,35H,3,8-9H2,(H,33,36,37). The first-order valence-electron chi connectivity index (χ1n) is 11.0. The van der Waals surface area contributed by atoms with Gasteiger partial charge in [0.05, 0.1) is 16.7 Å². The fourth-order valence-corrected chi connectivity index (χ4v) is 4.77. The summed E-state index contributed by atoms with van der Waals surface area (Å²) in [6, 6.07) is 8.67. The molecule has 0 unspecified atom stereocenters. The van der Waals surface area contributed by atoms with Gasteiger partial charge in [0, 0.05) is 52.3 Å². The van der Waals surface area contributed by atoms with Gasteiger partial charge in [-0.1, -0.05) is 18.2 Å². The van der Waals surface area contributed by atoms with E-state index in [0.717, 1.165) is 10.6 Å². The van der Waals surface area contributed by atoms with Crippen LogP contribution in [0.1, 0.15) is 28.8 Å². The maximum atomic E-state index is 14.6. The smallest absolute Gasteiger partial charge is 0.396 e. The molecule has 5 rings (SSSR count). The Hall–Kier alpha value is -4.06. The number of rotatable bonds is 5. The molecule has 2 aromatic heterocycles.